The van der Waals surface area contributed by atoms with Crippen LogP contribution in [0.2, 0.25) is 10.2 Å². The van der Waals surface area contributed by atoms with Crippen LogP contribution in [0.25, 0.3) is 0 Å². The van der Waals surface area contributed by atoms with Gasteiger partial charge in [-0.1, -0.05) is 34.5 Å². The molecule has 0 saturated heterocycles. The second-order valence-electron chi connectivity index (χ2n) is 3.30. The first kappa shape index (κ1) is 14.3. The fraction of sp³-hybridized carbons (Fsp3) is 0.100. The zero-order valence-electron chi connectivity index (χ0n) is 9.10. The Balaban J connectivity index is 2.23. The van der Waals surface area contributed by atoms with Crippen LogP contribution in [0.4, 0.5) is 5.69 Å². The number of nitro benzene ring substituents is 1. The number of hydrogen-bond donors (Lipinski definition) is 0. The van der Waals surface area contributed by atoms with Gasteiger partial charge in [-0.25, -0.2) is 0 Å². The summed E-state index contributed by atoms with van der Waals surface area (Å²) in [5.41, 5.74) is -0.187. The van der Waals surface area contributed by atoms with E-state index in [4.69, 9.17) is 39.5 Å². The number of benzene rings is 1. The van der Waals surface area contributed by atoms with Gasteiger partial charge in [0.1, 0.15) is 15.9 Å². The Kier molecular flexibility index (Phi) is 4.46. The number of nitro groups is 1. The molecule has 9 heteroatoms. The summed E-state index contributed by atoms with van der Waals surface area (Å²) < 4.78 is 5.41. The van der Waals surface area contributed by atoms with Gasteiger partial charge in [0.25, 0.3) is 10.9 Å². The SMILES string of the molecule is O=[N+]([O-])c1ccc(Oc2nc(Cl)c(CCl)s2)cc1Cl. The van der Waals surface area contributed by atoms with Gasteiger partial charge in [-0.2, -0.15) is 4.98 Å². The first-order valence-electron chi connectivity index (χ1n) is 4.84. The molecule has 0 radical (unpaired) electrons. The van der Waals surface area contributed by atoms with E-state index in [1.807, 2.05) is 0 Å². The van der Waals surface area contributed by atoms with Crippen LogP contribution in [-0.4, -0.2) is 9.91 Å². The van der Waals surface area contributed by atoms with Crippen LogP contribution >= 0.6 is 46.1 Å². The van der Waals surface area contributed by atoms with Crippen LogP contribution in [0, 0.1) is 10.1 Å². The minimum absolute atomic E-state index is 0.0114. The summed E-state index contributed by atoms with van der Waals surface area (Å²) in [6, 6.07) is 4.03. The highest BCUT2D eigenvalue weighted by Gasteiger charge is 2.15. The van der Waals surface area contributed by atoms with Crippen molar-refractivity contribution in [2.75, 3.05) is 0 Å². The number of thiazole rings is 1. The molecular weight excluding hydrogens is 335 g/mol. The Morgan fingerprint density at radius 2 is 2.16 bits per heavy atom. The predicted molar refractivity (Wildman–Crippen MR) is 74.9 cm³/mol. The molecule has 5 nitrogen and oxygen atoms in total. The van der Waals surface area contributed by atoms with Gasteiger partial charge in [-0.05, 0) is 6.07 Å². The van der Waals surface area contributed by atoms with Crippen molar-refractivity contribution in [1.82, 2.24) is 4.98 Å². The van der Waals surface area contributed by atoms with Crippen LogP contribution in [0.1, 0.15) is 4.88 Å². The summed E-state index contributed by atoms with van der Waals surface area (Å²) in [5.74, 6) is 0.572. The Morgan fingerprint density at radius 1 is 1.42 bits per heavy atom. The van der Waals surface area contributed by atoms with Crippen molar-refractivity contribution >= 4 is 51.8 Å². The molecule has 19 heavy (non-hydrogen) atoms. The van der Waals surface area contributed by atoms with E-state index >= 15 is 0 Å². The Hall–Kier alpha value is -1.08. The molecule has 0 aliphatic carbocycles. The first-order chi connectivity index (χ1) is 9.01. The van der Waals surface area contributed by atoms with Crippen molar-refractivity contribution in [2.24, 2.45) is 0 Å². The quantitative estimate of drug-likeness (QED) is 0.452. The lowest BCUT2D eigenvalue weighted by Crippen LogP contribution is -1.90. The summed E-state index contributed by atoms with van der Waals surface area (Å²) in [6.07, 6.45) is 0. The first-order valence-corrected chi connectivity index (χ1v) is 6.95. The van der Waals surface area contributed by atoms with Crippen molar-refractivity contribution < 1.29 is 9.66 Å². The monoisotopic (exact) mass is 338 g/mol. The third-order valence-corrected chi connectivity index (χ3v) is 4.16. The van der Waals surface area contributed by atoms with E-state index in [-0.39, 0.29) is 21.7 Å². The largest absolute Gasteiger partial charge is 0.431 e. The molecule has 1 aromatic heterocycles. The fourth-order valence-electron chi connectivity index (χ4n) is 1.24. The minimum Gasteiger partial charge on any atom is -0.431 e. The van der Waals surface area contributed by atoms with Crippen molar-refractivity contribution in [3.05, 3.63) is 43.4 Å². The number of halogens is 3. The third kappa shape index (κ3) is 3.27. The van der Waals surface area contributed by atoms with Gasteiger partial charge in [0, 0.05) is 12.1 Å². The topological polar surface area (TPSA) is 65.3 Å². The number of nitrogens with zero attached hydrogens (tertiary/aromatic N) is 2. The van der Waals surface area contributed by atoms with Gasteiger partial charge in [-0.3, -0.25) is 10.1 Å². The Bertz CT molecular complexity index is 632. The van der Waals surface area contributed by atoms with E-state index < -0.39 is 4.92 Å². The number of aromatic nitrogens is 1. The van der Waals surface area contributed by atoms with Crippen LogP contribution in [-0.2, 0) is 5.88 Å². The number of alkyl halides is 1. The van der Waals surface area contributed by atoms with Crippen LogP contribution in [0.3, 0.4) is 0 Å². The van der Waals surface area contributed by atoms with Crippen molar-refractivity contribution in [3.8, 4) is 10.9 Å². The molecule has 0 N–H and O–H groups in total. The number of rotatable bonds is 4. The van der Waals surface area contributed by atoms with Gasteiger partial charge in [0.15, 0.2) is 0 Å². The highest BCUT2D eigenvalue weighted by Crippen LogP contribution is 2.35. The molecule has 1 heterocycles. The maximum Gasteiger partial charge on any atom is 0.288 e. The molecular formula is C10H5Cl3N2O3S. The number of hydrogen-bond acceptors (Lipinski definition) is 5. The van der Waals surface area contributed by atoms with E-state index in [9.17, 15) is 10.1 Å². The molecule has 0 unspecified atom stereocenters. The summed E-state index contributed by atoms with van der Waals surface area (Å²) in [5, 5.41) is 11.2. The van der Waals surface area contributed by atoms with Gasteiger partial charge in [-0.15, -0.1) is 11.6 Å². The summed E-state index contributed by atoms with van der Waals surface area (Å²) in [4.78, 5) is 14.7. The van der Waals surface area contributed by atoms with Gasteiger partial charge < -0.3 is 4.74 Å². The average Bonchev–Trinajstić information content (AvgIpc) is 2.69. The molecule has 0 aliphatic rings. The lowest BCUT2D eigenvalue weighted by Gasteiger charge is -2.02. The fourth-order valence-corrected chi connectivity index (χ4v) is 2.82. The highest BCUT2D eigenvalue weighted by atomic mass is 35.5. The normalized spacial score (nSPS) is 10.5. The predicted octanol–water partition coefficient (Wildman–Crippen LogP) is 4.89. The molecule has 0 aliphatic heterocycles. The van der Waals surface area contributed by atoms with Crippen LogP contribution in [0.5, 0.6) is 10.9 Å². The molecule has 0 atom stereocenters. The van der Waals surface area contributed by atoms with Crippen molar-refractivity contribution in [3.63, 3.8) is 0 Å². The minimum atomic E-state index is -0.571. The molecule has 0 spiro atoms. The van der Waals surface area contributed by atoms with Gasteiger partial charge >= 0.3 is 0 Å². The standard InChI is InChI=1S/C10H5Cl3N2O3S/c11-4-8-9(13)14-10(19-8)18-5-1-2-7(15(16)17)6(12)3-5/h1-3H,4H2. The van der Waals surface area contributed by atoms with E-state index in [2.05, 4.69) is 4.98 Å². The summed E-state index contributed by atoms with van der Waals surface area (Å²) in [7, 11) is 0. The molecule has 1 aromatic carbocycles. The molecule has 0 bridgehead atoms. The van der Waals surface area contributed by atoms with Gasteiger partial charge in [0.2, 0.25) is 0 Å². The second-order valence-corrected chi connectivity index (χ2v) is 5.38. The van der Waals surface area contributed by atoms with Crippen LogP contribution in [0.15, 0.2) is 18.2 Å². The molecule has 0 amide bonds. The lowest BCUT2D eigenvalue weighted by atomic mass is 10.3. The van der Waals surface area contributed by atoms with Crippen LogP contribution < -0.4 is 4.74 Å². The third-order valence-electron chi connectivity index (χ3n) is 2.07. The lowest BCUT2D eigenvalue weighted by molar-refractivity contribution is -0.384. The smallest absolute Gasteiger partial charge is 0.288 e. The van der Waals surface area contributed by atoms with Gasteiger partial charge in [0.05, 0.1) is 15.7 Å². The maximum atomic E-state index is 10.6. The highest BCUT2D eigenvalue weighted by molar-refractivity contribution is 7.14. The molecule has 0 fully saturated rings. The summed E-state index contributed by atoms with van der Waals surface area (Å²) >= 11 is 18.5. The van der Waals surface area contributed by atoms with Crippen molar-refractivity contribution in [1.29, 1.82) is 0 Å². The average molecular weight is 340 g/mol. The Labute approximate surface area is 126 Å². The van der Waals surface area contributed by atoms with E-state index in [1.165, 1.54) is 29.5 Å². The zero-order valence-corrected chi connectivity index (χ0v) is 12.2. The van der Waals surface area contributed by atoms with E-state index in [0.717, 1.165) is 0 Å². The number of ether oxygens (including phenoxy) is 1. The molecule has 100 valence electrons. The molecule has 2 rings (SSSR count). The van der Waals surface area contributed by atoms with E-state index in [1.54, 1.807) is 0 Å². The zero-order chi connectivity index (χ0) is 14.0. The molecule has 0 saturated carbocycles. The maximum absolute atomic E-state index is 10.6. The van der Waals surface area contributed by atoms with Crippen molar-refractivity contribution in [2.45, 2.75) is 5.88 Å². The summed E-state index contributed by atoms with van der Waals surface area (Å²) in [6.45, 7) is 0. The second kappa shape index (κ2) is 5.92. The Morgan fingerprint density at radius 3 is 2.68 bits per heavy atom. The van der Waals surface area contributed by atoms with E-state index in [0.29, 0.717) is 15.8 Å². The molecule has 2 aromatic rings.